The van der Waals surface area contributed by atoms with Gasteiger partial charge in [0.2, 0.25) is 0 Å². The summed E-state index contributed by atoms with van der Waals surface area (Å²) in [5.41, 5.74) is 2.43. The lowest BCUT2D eigenvalue weighted by Crippen LogP contribution is -2.04. The minimum Gasteiger partial charge on any atom is -0.252 e. The molecule has 3 nitrogen and oxygen atoms in total. The summed E-state index contributed by atoms with van der Waals surface area (Å²) in [5.74, 6) is 0.674. The van der Waals surface area contributed by atoms with Gasteiger partial charge >= 0.3 is 0 Å². The molecule has 0 atom stereocenters. The number of hydrogen-bond donors (Lipinski definition) is 0. The standard InChI is InChI=1S/C9H17N3/c1-5-8-9(6-7(2)3)12(4)11-10-8/h7H,5-6H2,1-4H3. The smallest absolute Gasteiger partial charge is 0.0856 e. The Hall–Kier alpha value is -0.860. The highest BCUT2D eigenvalue weighted by Crippen LogP contribution is 2.10. The van der Waals surface area contributed by atoms with Gasteiger partial charge in [0, 0.05) is 7.05 Å². The van der Waals surface area contributed by atoms with E-state index in [1.54, 1.807) is 0 Å². The topological polar surface area (TPSA) is 30.7 Å². The van der Waals surface area contributed by atoms with E-state index < -0.39 is 0 Å². The number of nitrogens with zero attached hydrogens (tertiary/aromatic N) is 3. The van der Waals surface area contributed by atoms with Gasteiger partial charge in [-0.05, 0) is 18.8 Å². The maximum absolute atomic E-state index is 4.10. The molecule has 0 saturated heterocycles. The van der Waals surface area contributed by atoms with Gasteiger partial charge in [0.05, 0.1) is 11.4 Å². The SMILES string of the molecule is CCc1nnn(C)c1CC(C)C. The first-order valence-corrected chi connectivity index (χ1v) is 4.52. The Morgan fingerprint density at radius 2 is 2.08 bits per heavy atom. The van der Waals surface area contributed by atoms with Crippen molar-refractivity contribution in [2.45, 2.75) is 33.6 Å². The third kappa shape index (κ3) is 1.84. The molecule has 1 aromatic rings. The van der Waals surface area contributed by atoms with Gasteiger partial charge in [-0.3, -0.25) is 4.68 Å². The van der Waals surface area contributed by atoms with Gasteiger partial charge in [-0.2, -0.15) is 0 Å². The molecule has 0 aliphatic carbocycles. The summed E-state index contributed by atoms with van der Waals surface area (Å²) in [5, 5.41) is 8.11. The van der Waals surface area contributed by atoms with Crippen LogP contribution in [0, 0.1) is 5.92 Å². The summed E-state index contributed by atoms with van der Waals surface area (Å²) in [6.45, 7) is 6.55. The van der Waals surface area contributed by atoms with Gasteiger partial charge < -0.3 is 0 Å². The average molecular weight is 167 g/mol. The molecular weight excluding hydrogens is 150 g/mol. The first-order valence-electron chi connectivity index (χ1n) is 4.52. The fourth-order valence-corrected chi connectivity index (χ4v) is 1.33. The second kappa shape index (κ2) is 3.70. The van der Waals surface area contributed by atoms with Crippen molar-refractivity contribution in [2.75, 3.05) is 0 Å². The van der Waals surface area contributed by atoms with Crippen LogP contribution in [-0.2, 0) is 19.9 Å². The maximum Gasteiger partial charge on any atom is 0.0856 e. The van der Waals surface area contributed by atoms with E-state index in [2.05, 4.69) is 31.1 Å². The summed E-state index contributed by atoms with van der Waals surface area (Å²) in [6.07, 6.45) is 2.06. The van der Waals surface area contributed by atoms with Crippen molar-refractivity contribution in [1.29, 1.82) is 0 Å². The Labute approximate surface area is 73.8 Å². The van der Waals surface area contributed by atoms with E-state index in [9.17, 15) is 0 Å². The Morgan fingerprint density at radius 3 is 2.58 bits per heavy atom. The van der Waals surface area contributed by atoms with E-state index in [0.29, 0.717) is 5.92 Å². The molecule has 68 valence electrons. The van der Waals surface area contributed by atoms with Gasteiger partial charge in [-0.15, -0.1) is 5.10 Å². The number of aromatic nitrogens is 3. The second-order valence-electron chi connectivity index (χ2n) is 3.56. The Morgan fingerprint density at radius 1 is 1.42 bits per heavy atom. The van der Waals surface area contributed by atoms with Crippen LogP contribution in [0.15, 0.2) is 0 Å². The molecule has 3 heteroatoms. The zero-order chi connectivity index (χ0) is 9.14. The largest absolute Gasteiger partial charge is 0.252 e. The molecule has 1 heterocycles. The van der Waals surface area contributed by atoms with E-state index in [4.69, 9.17) is 0 Å². The highest BCUT2D eigenvalue weighted by atomic mass is 15.4. The van der Waals surface area contributed by atoms with E-state index in [0.717, 1.165) is 18.5 Å². The average Bonchev–Trinajstić information content (AvgIpc) is 2.32. The van der Waals surface area contributed by atoms with Crippen LogP contribution < -0.4 is 0 Å². The zero-order valence-electron chi connectivity index (χ0n) is 8.33. The lowest BCUT2D eigenvalue weighted by atomic mass is 10.1. The van der Waals surface area contributed by atoms with E-state index in [1.165, 1.54) is 5.69 Å². The van der Waals surface area contributed by atoms with Crippen molar-refractivity contribution >= 4 is 0 Å². The predicted molar refractivity (Wildman–Crippen MR) is 48.9 cm³/mol. The third-order valence-corrected chi connectivity index (χ3v) is 1.96. The van der Waals surface area contributed by atoms with Gasteiger partial charge in [0.15, 0.2) is 0 Å². The van der Waals surface area contributed by atoms with Crippen molar-refractivity contribution < 1.29 is 0 Å². The fraction of sp³-hybridized carbons (Fsp3) is 0.778. The number of hydrogen-bond acceptors (Lipinski definition) is 2. The van der Waals surface area contributed by atoms with Crippen LogP contribution in [0.25, 0.3) is 0 Å². The molecule has 0 amide bonds. The minimum atomic E-state index is 0.674. The van der Waals surface area contributed by atoms with Crippen LogP contribution in [0.3, 0.4) is 0 Å². The molecule has 1 aromatic heterocycles. The quantitative estimate of drug-likeness (QED) is 0.684. The minimum absolute atomic E-state index is 0.674. The van der Waals surface area contributed by atoms with Crippen LogP contribution >= 0.6 is 0 Å². The second-order valence-corrected chi connectivity index (χ2v) is 3.56. The third-order valence-electron chi connectivity index (χ3n) is 1.96. The first-order chi connectivity index (χ1) is 5.65. The van der Waals surface area contributed by atoms with Crippen molar-refractivity contribution in [1.82, 2.24) is 15.0 Å². The summed E-state index contributed by atoms with van der Waals surface area (Å²) in [4.78, 5) is 0. The monoisotopic (exact) mass is 167 g/mol. The molecule has 0 unspecified atom stereocenters. The lowest BCUT2D eigenvalue weighted by molar-refractivity contribution is 0.588. The molecule has 1 rings (SSSR count). The summed E-state index contributed by atoms with van der Waals surface area (Å²) in [7, 11) is 1.96. The zero-order valence-corrected chi connectivity index (χ0v) is 8.33. The molecule has 0 spiro atoms. The van der Waals surface area contributed by atoms with Gasteiger partial charge in [0.1, 0.15) is 0 Å². The normalized spacial score (nSPS) is 11.1. The Kier molecular flexibility index (Phi) is 2.84. The van der Waals surface area contributed by atoms with Gasteiger partial charge in [-0.25, -0.2) is 0 Å². The summed E-state index contributed by atoms with van der Waals surface area (Å²) in [6, 6.07) is 0. The van der Waals surface area contributed by atoms with Gasteiger partial charge in [0.25, 0.3) is 0 Å². The molecule has 0 aromatic carbocycles. The fourth-order valence-electron chi connectivity index (χ4n) is 1.33. The molecule has 0 aliphatic rings. The molecule has 12 heavy (non-hydrogen) atoms. The maximum atomic E-state index is 4.10. The van der Waals surface area contributed by atoms with Gasteiger partial charge in [-0.1, -0.05) is 26.0 Å². The van der Waals surface area contributed by atoms with E-state index in [-0.39, 0.29) is 0 Å². The first kappa shape index (κ1) is 9.23. The molecule has 0 N–H and O–H groups in total. The highest BCUT2D eigenvalue weighted by molar-refractivity contribution is 5.10. The molecule has 0 bridgehead atoms. The van der Waals surface area contributed by atoms with Crippen molar-refractivity contribution in [2.24, 2.45) is 13.0 Å². The van der Waals surface area contributed by atoms with Crippen molar-refractivity contribution in [3.63, 3.8) is 0 Å². The lowest BCUT2D eigenvalue weighted by Gasteiger charge is -2.05. The van der Waals surface area contributed by atoms with Crippen LogP contribution in [0.5, 0.6) is 0 Å². The summed E-state index contributed by atoms with van der Waals surface area (Å²) < 4.78 is 1.89. The van der Waals surface area contributed by atoms with E-state index >= 15 is 0 Å². The highest BCUT2D eigenvalue weighted by Gasteiger charge is 2.09. The number of rotatable bonds is 3. The van der Waals surface area contributed by atoms with Crippen molar-refractivity contribution in [3.8, 4) is 0 Å². The molecule has 0 radical (unpaired) electrons. The molecule has 0 aliphatic heterocycles. The number of aryl methyl sites for hydroxylation is 2. The van der Waals surface area contributed by atoms with Crippen molar-refractivity contribution in [3.05, 3.63) is 11.4 Å². The molecular formula is C9H17N3. The Bertz CT molecular complexity index is 250. The molecule has 0 fully saturated rings. The molecule has 0 saturated carbocycles. The predicted octanol–water partition coefficient (Wildman–Crippen LogP) is 1.58. The summed E-state index contributed by atoms with van der Waals surface area (Å²) >= 11 is 0. The Balaban J connectivity index is 2.86. The van der Waals surface area contributed by atoms with Crippen LogP contribution in [0.2, 0.25) is 0 Å². The van der Waals surface area contributed by atoms with Crippen LogP contribution in [0.4, 0.5) is 0 Å². The van der Waals surface area contributed by atoms with E-state index in [1.807, 2.05) is 11.7 Å². The van der Waals surface area contributed by atoms with Crippen LogP contribution in [-0.4, -0.2) is 15.0 Å². The van der Waals surface area contributed by atoms with Crippen LogP contribution in [0.1, 0.15) is 32.2 Å².